The van der Waals surface area contributed by atoms with E-state index in [0.29, 0.717) is 18.8 Å². The Hall–Kier alpha value is -2.17. The van der Waals surface area contributed by atoms with Crippen molar-refractivity contribution in [1.82, 2.24) is 20.1 Å². The van der Waals surface area contributed by atoms with Crippen LogP contribution >= 0.6 is 0 Å². The molecule has 2 aromatic rings. The summed E-state index contributed by atoms with van der Waals surface area (Å²) in [6.07, 6.45) is 4.36. The number of carbonyl (C=O) groups is 1. The van der Waals surface area contributed by atoms with Crippen molar-refractivity contribution in [3.63, 3.8) is 0 Å². The van der Waals surface area contributed by atoms with Gasteiger partial charge in [0.25, 0.3) is 5.91 Å². The van der Waals surface area contributed by atoms with E-state index >= 15 is 0 Å². The molecule has 19 heavy (non-hydrogen) atoms. The van der Waals surface area contributed by atoms with E-state index in [1.54, 1.807) is 23.4 Å². The Morgan fingerprint density at radius 2 is 2.11 bits per heavy atom. The van der Waals surface area contributed by atoms with Gasteiger partial charge in [-0.25, -0.2) is 0 Å². The smallest absolute Gasteiger partial charge is 0.274 e. The largest absolute Gasteiger partial charge is 0.337 e. The van der Waals surface area contributed by atoms with Gasteiger partial charge in [0.15, 0.2) is 0 Å². The molecule has 5 nitrogen and oxygen atoms in total. The van der Waals surface area contributed by atoms with Crippen molar-refractivity contribution in [1.29, 1.82) is 0 Å². The van der Waals surface area contributed by atoms with Crippen LogP contribution in [0.25, 0.3) is 0 Å². The second-order valence-electron chi connectivity index (χ2n) is 4.43. The van der Waals surface area contributed by atoms with Crippen molar-refractivity contribution in [2.75, 3.05) is 13.1 Å². The van der Waals surface area contributed by atoms with E-state index in [1.807, 2.05) is 26.0 Å². The van der Waals surface area contributed by atoms with E-state index in [0.717, 1.165) is 12.1 Å². The van der Waals surface area contributed by atoms with Crippen molar-refractivity contribution in [3.8, 4) is 0 Å². The second-order valence-corrected chi connectivity index (χ2v) is 4.43. The quantitative estimate of drug-likeness (QED) is 0.889. The number of hydrogen-bond donors (Lipinski definition) is 1. The van der Waals surface area contributed by atoms with Gasteiger partial charge in [-0.1, -0.05) is 0 Å². The molecule has 0 saturated heterocycles. The molecular formula is C14H18N4O. The third-order valence-corrected chi connectivity index (χ3v) is 3.01. The van der Waals surface area contributed by atoms with E-state index in [4.69, 9.17) is 0 Å². The highest BCUT2D eigenvalue weighted by molar-refractivity contribution is 5.92. The number of nitrogens with one attached hydrogen (secondary N) is 1. The molecule has 2 aromatic heterocycles. The Morgan fingerprint density at radius 1 is 1.37 bits per heavy atom. The molecule has 0 aliphatic carbocycles. The Balaban J connectivity index is 1.98. The number of aromatic nitrogens is 3. The summed E-state index contributed by atoms with van der Waals surface area (Å²) < 4.78 is 0. The summed E-state index contributed by atoms with van der Waals surface area (Å²) in [7, 11) is 0. The van der Waals surface area contributed by atoms with E-state index < -0.39 is 0 Å². The van der Waals surface area contributed by atoms with Crippen LogP contribution in [0.3, 0.4) is 0 Å². The Morgan fingerprint density at radius 3 is 2.68 bits per heavy atom. The molecule has 1 amide bonds. The zero-order valence-electron chi connectivity index (χ0n) is 11.3. The van der Waals surface area contributed by atoms with Gasteiger partial charge in [0, 0.05) is 31.2 Å². The lowest BCUT2D eigenvalue weighted by atomic mass is 10.2. The Labute approximate surface area is 112 Å². The van der Waals surface area contributed by atoms with Gasteiger partial charge in [0.2, 0.25) is 0 Å². The molecule has 0 fully saturated rings. The number of H-pyrrole nitrogens is 1. The number of nitrogens with zero attached hydrogens (tertiary/aromatic N) is 3. The van der Waals surface area contributed by atoms with Gasteiger partial charge < -0.3 is 4.90 Å². The van der Waals surface area contributed by atoms with E-state index in [2.05, 4.69) is 15.2 Å². The van der Waals surface area contributed by atoms with Crippen LogP contribution in [0.1, 0.15) is 28.7 Å². The molecule has 5 heteroatoms. The molecule has 0 aliphatic rings. The molecule has 0 atom stereocenters. The lowest BCUT2D eigenvalue weighted by molar-refractivity contribution is 0.0760. The summed E-state index contributed by atoms with van der Waals surface area (Å²) in [5.41, 5.74) is 2.56. The molecule has 0 spiro atoms. The summed E-state index contributed by atoms with van der Waals surface area (Å²) in [5, 5.41) is 6.81. The highest BCUT2D eigenvalue weighted by Crippen LogP contribution is 2.06. The minimum atomic E-state index is -0.0269. The predicted molar refractivity (Wildman–Crippen MR) is 72.8 cm³/mol. The van der Waals surface area contributed by atoms with Gasteiger partial charge in [-0.2, -0.15) is 5.10 Å². The van der Waals surface area contributed by atoms with Crippen LogP contribution in [0.2, 0.25) is 0 Å². The molecule has 0 bridgehead atoms. The molecule has 2 rings (SSSR count). The molecule has 2 heterocycles. The van der Waals surface area contributed by atoms with Gasteiger partial charge in [0.1, 0.15) is 5.69 Å². The van der Waals surface area contributed by atoms with Crippen molar-refractivity contribution in [2.45, 2.75) is 20.3 Å². The maximum Gasteiger partial charge on any atom is 0.274 e. The second kappa shape index (κ2) is 6.13. The first-order chi connectivity index (χ1) is 9.20. The van der Waals surface area contributed by atoms with Crippen LogP contribution in [-0.4, -0.2) is 39.1 Å². The SMILES string of the molecule is CCN(CCc1ccncc1)C(=O)c1cc(C)[nH]n1. The van der Waals surface area contributed by atoms with Crippen LogP contribution in [-0.2, 0) is 6.42 Å². The fourth-order valence-electron chi connectivity index (χ4n) is 1.91. The molecule has 0 unspecified atom stereocenters. The van der Waals surface area contributed by atoms with Crippen molar-refractivity contribution >= 4 is 5.91 Å². The standard InChI is InChI=1S/C14H18N4O/c1-3-18(9-6-12-4-7-15-8-5-12)14(19)13-10-11(2)16-17-13/h4-5,7-8,10H,3,6,9H2,1-2H3,(H,16,17). The fourth-order valence-corrected chi connectivity index (χ4v) is 1.91. The van der Waals surface area contributed by atoms with Gasteiger partial charge in [-0.15, -0.1) is 0 Å². The highest BCUT2D eigenvalue weighted by atomic mass is 16.2. The summed E-state index contributed by atoms with van der Waals surface area (Å²) in [5.74, 6) is -0.0269. The Bertz CT molecular complexity index is 535. The van der Waals surface area contributed by atoms with Crippen molar-refractivity contribution < 1.29 is 4.79 Å². The number of rotatable bonds is 5. The molecular weight excluding hydrogens is 240 g/mol. The lowest BCUT2D eigenvalue weighted by Crippen LogP contribution is -2.33. The van der Waals surface area contributed by atoms with Crippen LogP contribution in [0.15, 0.2) is 30.6 Å². The van der Waals surface area contributed by atoms with E-state index in [-0.39, 0.29) is 5.91 Å². The van der Waals surface area contributed by atoms with Crippen LogP contribution in [0.5, 0.6) is 0 Å². The predicted octanol–water partition coefficient (Wildman–Crippen LogP) is 1.82. The topological polar surface area (TPSA) is 61.9 Å². The monoisotopic (exact) mass is 258 g/mol. The van der Waals surface area contributed by atoms with Crippen molar-refractivity contribution in [2.24, 2.45) is 0 Å². The maximum absolute atomic E-state index is 12.2. The number of aromatic amines is 1. The first-order valence-electron chi connectivity index (χ1n) is 6.41. The number of hydrogen-bond acceptors (Lipinski definition) is 3. The van der Waals surface area contributed by atoms with Crippen LogP contribution in [0, 0.1) is 6.92 Å². The first kappa shape index (κ1) is 13.3. The highest BCUT2D eigenvalue weighted by Gasteiger charge is 2.16. The lowest BCUT2D eigenvalue weighted by Gasteiger charge is -2.19. The molecule has 100 valence electrons. The zero-order chi connectivity index (χ0) is 13.7. The minimum Gasteiger partial charge on any atom is -0.337 e. The van der Waals surface area contributed by atoms with Gasteiger partial charge in [-0.3, -0.25) is 14.9 Å². The van der Waals surface area contributed by atoms with Crippen LogP contribution < -0.4 is 0 Å². The zero-order valence-corrected chi connectivity index (χ0v) is 11.3. The number of pyridine rings is 1. The summed E-state index contributed by atoms with van der Waals surface area (Å²) in [4.78, 5) is 18.0. The third kappa shape index (κ3) is 3.40. The first-order valence-corrected chi connectivity index (χ1v) is 6.41. The average molecular weight is 258 g/mol. The number of carbonyl (C=O) groups excluding carboxylic acids is 1. The van der Waals surface area contributed by atoms with E-state index in [1.165, 1.54) is 5.56 Å². The molecule has 0 aliphatic heterocycles. The fraction of sp³-hybridized carbons (Fsp3) is 0.357. The molecule has 0 aromatic carbocycles. The average Bonchev–Trinajstić information content (AvgIpc) is 2.87. The van der Waals surface area contributed by atoms with Gasteiger partial charge in [-0.05, 0) is 44.0 Å². The van der Waals surface area contributed by atoms with E-state index in [9.17, 15) is 4.79 Å². The summed E-state index contributed by atoms with van der Waals surface area (Å²) >= 11 is 0. The number of amides is 1. The Kier molecular flexibility index (Phi) is 4.28. The normalized spacial score (nSPS) is 10.4. The maximum atomic E-state index is 12.2. The number of aryl methyl sites for hydroxylation is 1. The minimum absolute atomic E-state index is 0.0269. The molecule has 1 N–H and O–H groups in total. The van der Waals surface area contributed by atoms with Gasteiger partial charge in [0.05, 0.1) is 0 Å². The third-order valence-electron chi connectivity index (χ3n) is 3.01. The molecule has 0 radical (unpaired) electrons. The summed E-state index contributed by atoms with van der Waals surface area (Å²) in [6, 6.07) is 5.71. The van der Waals surface area contributed by atoms with Crippen LogP contribution in [0.4, 0.5) is 0 Å². The van der Waals surface area contributed by atoms with Crippen molar-refractivity contribution in [3.05, 3.63) is 47.5 Å². The number of likely N-dealkylation sites (N-methyl/N-ethyl adjacent to an activating group) is 1. The van der Waals surface area contributed by atoms with Gasteiger partial charge >= 0.3 is 0 Å². The molecule has 0 saturated carbocycles. The summed E-state index contributed by atoms with van der Waals surface area (Å²) in [6.45, 7) is 5.22.